The van der Waals surface area contributed by atoms with Crippen LogP contribution >= 0.6 is 11.3 Å². The molecule has 3 aromatic rings. The third-order valence-corrected chi connectivity index (χ3v) is 7.11. The summed E-state index contributed by atoms with van der Waals surface area (Å²) in [6, 6.07) is 11.1. The number of ether oxygens (including phenoxy) is 1. The van der Waals surface area contributed by atoms with Crippen molar-refractivity contribution in [2.45, 2.75) is 23.8 Å². The molecule has 1 aliphatic rings. The summed E-state index contributed by atoms with van der Waals surface area (Å²) in [5.74, 6) is -0.678. The quantitative estimate of drug-likeness (QED) is 0.310. The van der Waals surface area contributed by atoms with Gasteiger partial charge in [-0.15, -0.1) is 0 Å². The number of carbonyl (C=O) groups excluding carboxylic acids is 1. The minimum Gasteiger partial charge on any atom is -0.389 e. The van der Waals surface area contributed by atoms with Crippen molar-refractivity contribution in [1.82, 2.24) is 14.7 Å². The maximum Gasteiger partial charge on any atom is 0.280 e. The van der Waals surface area contributed by atoms with Crippen LogP contribution in [-0.2, 0) is 30.8 Å². The number of hydrogen-bond acceptors (Lipinski definition) is 9. The van der Waals surface area contributed by atoms with Gasteiger partial charge in [-0.3, -0.25) is 15.1 Å². The van der Waals surface area contributed by atoms with Crippen LogP contribution in [0.2, 0.25) is 0 Å². The molecule has 0 saturated carbocycles. The molecule has 1 atom stereocenters. The van der Waals surface area contributed by atoms with Gasteiger partial charge >= 0.3 is 0 Å². The molecule has 1 saturated heterocycles. The fraction of sp³-hybridized carbons (Fsp3) is 0.273. The number of nitrogens with one attached hydrogen (secondary N) is 2. The largest absolute Gasteiger partial charge is 0.389 e. The van der Waals surface area contributed by atoms with Crippen molar-refractivity contribution in [3.05, 3.63) is 71.2 Å². The molecule has 1 aliphatic heterocycles. The van der Waals surface area contributed by atoms with Gasteiger partial charge < -0.3 is 9.57 Å². The topological polar surface area (TPSA) is 132 Å². The van der Waals surface area contributed by atoms with Crippen LogP contribution in [-0.4, -0.2) is 55.9 Å². The van der Waals surface area contributed by atoms with E-state index in [-0.39, 0.29) is 28.4 Å². The maximum absolute atomic E-state index is 13.3. The van der Waals surface area contributed by atoms with Crippen molar-refractivity contribution >= 4 is 38.1 Å². The number of benzene rings is 1. The third kappa shape index (κ3) is 6.88. The Labute approximate surface area is 205 Å². The molecular formula is C22H22FN5O5S2. The van der Waals surface area contributed by atoms with Crippen LogP contribution in [0.4, 0.5) is 9.52 Å². The lowest BCUT2D eigenvalue weighted by Crippen LogP contribution is -2.27. The lowest BCUT2D eigenvalue weighted by atomic mass is 10.1. The van der Waals surface area contributed by atoms with Gasteiger partial charge in [0.25, 0.3) is 5.91 Å². The monoisotopic (exact) mass is 519 g/mol. The summed E-state index contributed by atoms with van der Waals surface area (Å²) >= 11 is 0.666. The SMILES string of the molecule is O=C(Nc1ncc(F)s1)/C(=N/O[C@@H]1CCOC1)c1ccc(S(=O)(=O)NCCc2ccccn2)cc1. The second kappa shape index (κ2) is 11.4. The maximum atomic E-state index is 13.3. The lowest BCUT2D eigenvalue weighted by Gasteiger charge is -2.11. The Balaban J connectivity index is 1.47. The van der Waals surface area contributed by atoms with Gasteiger partial charge in [0.15, 0.2) is 22.1 Å². The molecule has 4 rings (SSSR count). The molecule has 10 nitrogen and oxygen atoms in total. The standard InChI is InChI=1S/C22H22FN5O5S2/c23-19-13-25-22(34-19)27-21(29)20(28-33-17-9-12-32-14-17)15-4-6-18(7-5-15)35(30,31)26-11-8-16-3-1-2-10-24-16/h1-7,10,13,17,26H,8-9,11-12,14H2,(H,25,27,29)/b28-20+/t17-/m1/s1. The van der Waals surface area contributed by atoms with E-state index >= 15 is 0 Å². The van der Waals surface area contributed by atoms with Gasteiger partial charge in [-0.1, -0.05) is 34.7 Å². The van der Waals surface area contributed by atoms with E-state index in [0.717, 1.165) is 11.9 Å². The minimum absolute atomic E-state index is 0.0223. The van der Waals surface area contributed by atoms with E-state index in [1.54, 1.807) is 12.3 Å². The molecule has 1 amide bonds. The number of rotatable bonds is 10. The summed E-state index contributed by atoms with van der Waals surface area (Å²) < 4.78 is 46.4. The molecular weight excluding hydrogens is 497 g/mol. The zero-order valence-corrected chi connectivity index (χ0v) is 20.0. The Morgan fingerprint density at radius 3 is 2.71 bits per heavy atom. The number of halogens is 1. The summed E-state index contributed by atoms with van der Waals surface area (Å²) in [4.78, 5) is 26.2. The molecule has 1 fully saturated rings. The molecule has 0 radical (unpaired) electrons. The van der Waals surface area contributed by atoms with E-state index in [4.69, 9.17) is 9.57 Å². The van der Waals surface area contributed by atoms with Crippen LogP contribution in [0.25, 0.3) is 0 Å². The van der Waals surface area contributed by atoms with Crippen LogP contribution < -0.4 is 10.0 Å². The Hall–Kier alpha value is -3.26. The summed E-state index contributed by atoms with van der Waals surface area (Å²) in [6.07, 6.45) is 3.39. The lowest BCUT2D eigenvalue weighted by molar-refractivity contribution is -0.110. The van der Waals surface area contributed by atoms with E-state index in [1.807, 2.05) is 12.1 Å². The molecule has 13 heteroatoms. The minimum atomic E-state index is -3.78. The Morgan fingerprint density at radius 2 is 2.06 bits per heavy atom. The normalized spacial score (nSPS) is 16.3. The number of carbonyl (C=O) groups is 1. The zero-order chi connectivity index (χ0) is 24.7. The van der Waals surface area contributed by atoms with Crippen molar-refractivity contribution < 1.29 is 27.2 Å². The predicted octanol–water partition coefficient (Wildman–Crippen LogP) is 2.35. The predicted molar refractivity (Wildman–Crippen MR) is 127 cm³/mol. The number of pyridine rings is 1. The van der Waals surface area contributed by atoms with E-state index in [0.29, 0.717) is 43.0 Å². The summed E-state index contributed by atoms with van der Waals surface area (Å²) in [6.45, 7) is 1.05. The number of thiazole rings is 1. The number of aromatic nitrogens is 2. The average Bonchev–Trinajstić information content (AvgIpc) is 3.52. The number of anilines is 1. The first-order valence-electron chi connectivity index (χ1n) is 10.6. The molecule has 2 aromatic heterocycles. The zero-order valence-electron chi connectivity index (χ0n) is 18.4. The molecule has 0 spiro atoms. The van der Waals surface area contributed by atoms with Crippen LogP contribution in [0.5, 0.6) is 0 Å². The first-order chi connectivity index (χ1) is 16.9. The van der Waals surface area contributed by atoms with Gasteiger partial charge in [0.05, 0.1) is 24.3 Å². The second-order valence-electron chi connectivity index (χ2n) is 7.45. The molecule has 0 bridgehead atoms. The molecule has 0 aliphatic carbocycles. The number of amides is 1. The third-order valence-electron chi connectivity index (χ3n) is 4.93. The van der Waals surface area contributed by atoms with E-state index < -0.39 is 21.1 Å². The van der Waals surface area contributed by atoms with Crippen LogP contribution in [0, 0.1) is 5.13 Å². The number of oxime groups is 1. The van der Waals surface area contributed by atoms with Crippen molar-refractivity contribution in [2.24, 2.45) is 5.16 Å². The molecule has 184 valence electrons. The smallest absolute Gasteiger partial charge is 0.280 e. The first kappa shape index (κ1) is 24.9. The van der Waals surface area contributed by atoms with Gasteiger partial charge in [-0.2, -0.15) is 4.39 Å². The Bertz CT molecular complexity index is 1280. The molecule has 35 heavy (non-hydrogen) atoms. The summed E-state index contributed by atoms with van der Waals surface area (Å²) in [7, 11) is -3.78. The number of sulfonamides is 1. The highest BCUT2D eigenvalue weighted by molar-refractivity contribution is 7.89. The number of nitrogens with zero attached hydrogens (tertiary/aromatic N) is 3. The summed E-state index contributed by atoms with van der Waals surface area (Å²) in [5.41, 5.74) is 0.968. The highest BCUT2D eigenvalue weighted by Gasteiger charge is 2.22. The van der Waals surface area contributed by atoms with Crippen LogP contribution in [0.3, 0.4) is 0 Å². The van der Waals surface area contributed by atoms with Gasteiger partial charge in [-0.05, 0) is 24.3 Å². The fourth-order valence-electron chi connectivity index (χ4n) is 3.15. The Morgan fingerprint density at radius 1 is 1.23 bits per heavy atom. The highest BCUT2D eigenvalue weighted by Crippen LogP contribution is 2.18. The van der Waals surface area contributed by atoms with Gasteiger partial charge in [0.2, 0.25) is 10.0 Å². The molecule has 0 unspecified atom stereocenters. The molecule has 1 aromatic carbocycles. The van der Waals surface area contributed by atoms with Crippen molar-refractivity contribution in [1.29, 1.82) is 0 Å². The van der Waals surface area contributed by atoms with Gasteiger partial charge in [-0.25, -0.2) is 18.1 Å². The van der Waals surface area contributed by atoms with E-state index in [9.17, 15) is 17.6 Å². The average molecular weight is 520 g/mol. The summed E-state index contributed by atoms with van der Waals surface area (Å²) in [5, 5.41) is 5.97. The van der Waals surface area contributed by atoms with Gasteiger partial charge in [0.1, 0.15) is 0 Å². The van der Waals surface area contributed by atoms with E-state index in [1.165, 1.54) is 24.3 Å². The first-order valence-corrected chi connectivity index (χ1v) is 12.9. The Kier molecular flexibility index (Phi) is 8.13. The molecule has 2 N–H and O–H groups in total. The van der Waals surface area contributed by atoms with E-state index in [2.05, 4.69) is 25.2 Å². The molecule has 3 heterocycles. The van der Waals surface area contributed by atoms with Crippen LogP contribution in [0.1, 0.15) is 17.7 Å². The highest BCUT2D eigenvalue weighted by atomic mass is 32.2. The van der Waals surface area contributed by atoms with Crippen LogP contribution in [0.15, 0.2) is 64.9 Å². The second-order valence-corrected chi connectivity index (χ2v) is 10.2. The van der Waals surface area contributed by atoms with Gasteiger partial charge in [0, 0.05) is 36.8 Å². The number of hydrogen-bond donors (Lipinski definition) is 2. The van der Waals surface area contributed by atoms with Crippen molar-refractivity contribution in [3.8, 4) is 0 Å². The fourth-order valence-corrected chi connectivity index (χ4v) is 4.72. The van der Waals surface area contributed by atoms with Crippen molar-refractivity contribution in [3.63, 3.8) is 0 Å². The van der Waals surface area contributed by atoms with Crippen molar-refractivity contribution in [2.75, 3.05) is 25.1 Å².